The van der Waals surface area contributed by atoms with Gasteiger partial charge in [0.25, 0.3) is 0 Å². The highest BCUT2D eigenvalue weighted by atomic mass is 32.2. The van der Waals surface area contributed by atoms with Crippen molar-refractivity contribution in [3.05, 3.63) is 54.1 Å². The zero-order valence-electron chi connectivity index (χ0n) is 17.0. The predicted octanol–water partition coefficient (Wildman–Crippen LogP) is 1.06. The van der Waals surface area contributed by atoms with Gasteiger partial charge >= 0.3 is 0 Å². The van der Waals surface area contributed by atoms with E-state index in [4.69, 9.17) is 9.88 Å². The van der Waals surface area contributed by atoms with Gasteiger partial charge in [0.15, 0.2) is 0 Å². The van der Waals surface area contributed by atoms with Crippen LogP contribution in [0.4, 0.5) is 0 Å². The topological polar surface area (TPSA) is 136 Å². The first kappa shape index (κ1) is 23.2. The summed E-state index contributed by atoms with van der Waals surface area (Å²) in [6, 6.07) is 12.0. The third kappa shape index (κ3) is 5.62. The number of nitrogens with one attached hydrogen (secondary N) is 1. The number of carbonyl (C=O) groups excluding carboxylic acids is 1. The van der Waals surface area contributed by atoms with Crippen LogP contribution in [0.5, 0.6) is 5.75 Å². The monoisotopic (exact) mass is 467 g/mol. The summed E-state index contributed by atoms with van der Waals surface area (Å²) in [5, 5.41) is 7.87. The number of hydrogen-bond donors (Lipinski definition) is 2. The molecule has 1 heterocycles. The second-order valence-electron chi connectivity index (χ2n) is 7.28. The number of nitrogens with zero attached hydrogens (tertiary/aromatic N) is 1. The molecule has 0 radical (unpaired) electrons. The number of methoxy groups -OCH3 is 1. The second kappa shape index (κ2) is 9.35. The molecule has 1 aliphatic heterocycles. The van der Waals surface area contributed by atoms with Crippen molar-refractivity contribution in [2.45, 2.75) is 29.2 Å². The molecule has 3 rings (SSSR count). The zero-order chi connectivity index (χ0) is 22.6. The Balaban J connectivity index is 1.62. The first-order chi connectivity index (χ1) is 14.6. The standard InChI is InChI=1S/C20H25N3O6S2/c1-29-17-6-10-19(11-7-17)31(27,28)23-12-2-3-16(14-23)20(24)22-13-15-4-8-18(9-5-15)30(21,25)26/h4-11,16H,2-3,12-14H2,1H3,(H,22,24)(H2,21,25,26)/t16-/m1/s1. The summed E-state index contributed by atoms with van der Waals surface area (Å²) in [5.74, 6) is -0.150. The molecule has 0 aliphatic carbocycles. The SMILES string of the molecule is COc1ccc(S(=O)(=O)N2CCC[C@@H](C(=O)NCc3ccc(S(N)(=O)=O)cc3)C2)cc1. The number of amides is 1. The van der Waals surface area contributed by atoms with Crippen molar-refractivity contribution in [3.63, 3.8) is 0 Å². The molecule has 31 heavy (non-hydrogen) atoms. The fourth-order valence-corrected chi connectivity index (χ4v) is 5.44. The van der Waals surface area contributed by atoms with Gasteiger partial charge in [-0.25, -0.2) is 22.0 Å². The number of carbonyl (C=O) groups is 1. The molecule has 9 nitrogen and oxygen atoms in total. The lowest BCUT2D eigenvalue weighted by Crippen LogP contribution is -2.45. The summed E-state index contributed by atoms with van der Waals surface area (Å²) in [6.45, 7) is 0.656. The van der Waals surface area contributed by atoms with E-state index in [9.17, 15) is 21.6 Å². The van der Waals surface area contributed by atoms with Crippen LogP contribution in [0.3, 0.4) is 0 Å². The van der Waals surface area contributed by atoms with Gasteiger partial charge in [-0.3, -0.25) is 4.79 Å². The number of piperidine rings is 1. The zero-order valence-corrected chi connectivity index (χ0v) is 18.7. The summed E-state index contributed by atoms with van der Waals surface area (Å²) in [5.41, 5.74) is 0.708. The fraction of sp³-hybridized carbons (Fsp3) is 0.350. The normalized spacial score (nSPS) is 17.8. The Labute approximate surface area is 182 Å². The first-order valence-corrected chi connectivity index (χ1v) is 12.6. The molecule has 1 amide bonds. The molecule has 1 saturated heterocycles. The quantitative estimate of drug-likeness (QED) is 0.625. The Morgan fingerprint density at radius 1 is 1.06 bits per heavy atom. The largest absolute Gasteiger partial charge is 0.497 e. The van der Waals surface area contributed by atoms with E-state index in [0.717, 1.165) is 0 Å². The van der Waals surface area contributed by atoms with Crippen LogP contribution < -0.4 is 15.2 Å². The molecule has 1 atom stereocenters. The minimum atomic E-state index is -3.77. The van der Waals surface area contributed by atoms with Crippen molar-refractivity contribution in [2.75, 3.05) is 20.2 Å². The molecule has 1 fully saturated rings. The molecule has 11 heteroatoms. The van der Waals surface area contributed by atoms with Crippen LogP contribution in [0.25, 0.3) is 0 Å². The van der Waals surface area contributed by atoms with Gasteiger partial charge in [0.2, 0.25) is 26.0 Å². The van der Waals surface area contributed by atoms with E-state index in [-0.39, 0.29) is 28.8 Å². The summed E-state index contributed by atoms with van der Waals surface area (Å²) < 4.78 is 54.9. The Kier molecular flexibility index (Phi) is 6.99. The van der Waals surface area contributed by atoms with Crippen LogP contribution >= 0.6 is 0 Å². The van der Waals surface area contributed by atoms with Gasteiger partial charge in [-0.05, 0) is 54.8 Å². The molecule has 168 valence electrons. The van der Waals surface area contributed by atoms with E-state index in [2.05, 4.69) is 5.32 Å². The van der Waals surface area contributed by atoms with Gasteiger partial charge in [0.05, 0.1) is 22.8 Å². The van der Waals surface area contributed by atoms with Crippen molar-refractivity contribution in [1.29, 1.82) is 0 Å². The van der Waals surface area contributed by atoms with Crippen molar-refractivity contribution in [1.82, 2.24) is 9.62 Å². The molecule has 2 aromatic carbocycles. The van der Waals surface area contributed by atoms with Gasteiger partial charge in [-0.1, -0.05) is 12.1 Å². The number of primary sulfonamides is 1. The summed E-state index contributed by atoms with van der Waals surface area (Å²) in [4.78, 5) is 12.8. The van der Waals surface area contributed by atoms with Crippen LogP contribution in [-0.4, -0.2) is 47.2 Å². The van der Waals surface area contributed by atoms with Gasteiger partial charge in [0, 0.05) is 19.6 Å². The van der Waals surface area contributed by atoms with Gasteiger partial charge in [0.1, 0.15) is 5.75 Å². The number of hydrogen-bond acceptors (Lipinski definition) is 6. The molecule has 0 spiro atoms. The highest BCUT2D eigenvalue weighted by molar-refractivity contribution is 7.89. The molecule has 0 bridgehead atoms. The van der Waals surface area contributed by atoms with Crippen LogP contribution in [0.15, 0.2) is 58.3 Å². The van der Waals surface area contributed by atoms with Crippen molar-refractivity contribution >= 4 is 26.0 Å². The Bertz CT molecular complexity index is 1130. The van der Waals surface area contributed by atoms with E-state index in [1.54, 1.807) is 24.3 Å². The van der Waals surface area contributed by atoms with Crippen molar-refractivity contribution in [3.8, 4) is 5.75 Å². The number of benzene rings is 2. The van der Waals surface area contributed by atoms with Crippen LogP contribution in [0.2, 0.25) is 0 Å². The number of nitrogens with two attached hydrogens (primary N) is 1. The Hall–Kier alpha value is -2.47. The lowest BCUT2D eigenvalue weighted by molar-refractivity contribution is -0.126. The third-order valence-corrected chi connectivity index (χ3v) is 7.98. The van der Waals surface area contributed by atoms with Crippen LogP contribution in [0.1, 0.15) is 18.4 Å². The van der Waals surface area contributed by atoms with Gasteiger partial charge in [-0.2, -0.15) is 4.31 Å². The molecule has 1 aliphatic rings. The van der Waals surface area contributed by atoms with Crippen LogP contribution in [0, 0.1) is 5.92 Å². The summed E-state index contributed by atoms with van der Waals surface area (Å²) in [6.07, 6.45) is 1.17. The van der Waals surface area contributed by atoms with E-state index in [0.29, 0.717) is 30.7 Å². The molecule has 3 N–H and O–H groups in total. The average molecular weight is 468 g/mol. The highest BCUT2D eigenvalue weighted by Gasteiger charge is 2.33. The van der Waals surface area contributed by atoms with Crippen LogP contribution in [-0.2, 0) is 31.4 Å². The minimum Gasteiger partial charge on any atom is -0.497 e. The number of ether oxygens (including phenoxy) is 1. The molecule has 0 aromatic heterocycles. The average Bonchev–Trinajstić information content (AvgIpc) is 2.77. The Morgan fingerprint density at radius 2 is 1.68 bits per heavy atom. The third-order valence-electron chi connectivity index (χ3n) is 5.17. The minimum absolute atomic E-state index is 0.00534. The van der Waals surface area contributed by atoms with Gasteiger partial charge in [-0.15, -0.1) is 0 Å². The molecule has 0 unspecified atom stereocenters. The maximum atomic E-state index is 12.9. The lowest BCUT2D eigenvalue weighted by Gasteiger charge is -2.31. The van der Waals surface area contributed by atoms with E-state index < -0.39 is 26.0 Å². The summed E-state index contributed by atoms with van der Waals surface area (Å²) >= 11 is 0. The fourth-order valence-electron chi connectivity index (χ4n) is 3.40. The van der Waals surface area contributed by atoms with Crippen molar-refractivity contribution in [2.24, 2.45) is 11.1 Å². The van der Waals surface area contributed by atoms with E-state index >= 15 is 0 Å². The van der Waals surface area contributed by atoms with E-state index in [1.165, 1.54) is 35.7 Å². The highest BCUT2D eigenvalue weighted by Crippen LogP contribution is 2.25. The summed E-state index contributed by atoms with van der Waals surface area (Å²) in [7, 11) is -5.98. The Morgan fingerprint density at radius 3 is 2.26 bits per heavy atom. The lowest BCUT2D eigenvalue weighted by atomic mass is 9.99. The smallest absolute Gasteiger partial charge is 0.243 e. The first-order valence-electron chi connectivity index (χ1n) is 9.65. The van der Waals surface area contributed by atoms with Crippen molar-refractivity contribution < 1.29 is 26.4 Å². The maximum absolute atomic E-state index is 12.9. The number of rotatable bonds is 7. The second-order valence-corrected chi connectivity index (χ2v) is 10.8. The molecular formula is C20H25N3O6S2. The number of sulfonamides is 2. The maximum Gasteiger partial charge on any atom is 0.243 e. The van der Waals surface area contributed by atoms with E-state index in [1.807, 2.05) is 0 Å². The van der Waals surface area contributed by atoms with Gasteiger partial charge < -0.3 is 10.1 Å². The predicted molar refractivity (Wildman–Crippen MR) is 114 cm³/mol. The molecule has 2 aromatic rings. The molecule has 0 saturated carbocycles. The molecular weight excluding hydrogens is 442 g/mol.